The summed E-state index contributed by atoms with van der Waals surface area (Å²) >= 11 is 0. The first-order chi connectivity index (χ1) is 9.76. The summed E-state index contributed by atoms with van der Waals surface area (Å²) in [5, 5.41) is 15.8. The molecule has 0 fully saturated rings. The Balaban J connectivity index is 3.56. The summed E-state index contributed by atoms with van der Waals surface area (Å²) in [6.07, 6.45) is 0. The maximum absolute atomic E-state index is 11.7. The molecule has 0 unspecified atom stereocenters. The van der Waals surface area contributed by atoms with Crippen LogP contribution in [0.2, 0.25) is 0 Å². The van der Waals surface area contributed by atoms with E-state index in [1.54, 1.807) is 0 Å². The van der Waals surface area contributed by atoms with E-state index in [0.717, 1.165) is 20.1 Å². The van der Waals surface area contributed by atoms with Gasteiger partial charge in [0.1, 0.15) is 11.3 Å². The highest BCUT2D eigenvalue weighted by molar-refractivity contribution is 6.03. The highest BCUT2D eigenvalue weighted by Crippen LogP contribution is 2.33. The molecule has 0 atom stereocenters. The second-order valence-electron chi connectivity index (χ2n) is 4.03. The summed E-state index contributed by atoms with van der Waals surface area (Å²) in [5.41, 5.74) is -1.07. The molecule has 0 aliphatic heterocycles. The van der Waals surface area contributed by atoms with Crippen molar-refractivity contribution in [3.8, 4) is 0 Å². The number of hydrogen-bond acceptors (Lipinski definition) is 6. The average Bonchev–Trinajstić information content (AvgIpc) is 2.35. The number of carbonyl (C=O) groups is 3. The van der Waals surface area contributed by atoms with Crippen LogP contribution in [-0.2, 0) is 14.3 Å². The monoisotopic (exact) mass is 295 g/mol. The standard InChI is InChI=1S/C12H13N3O6/c1-6(16)13-8-4-9(12(18)21-3)11(15(19)20)10(5-8)14-7(2)17/h4-5H,1-3H3,(H,13,16)(H,14,17). The second-order valence-corrected chi connectivity index (χ2v) is 4.03. The van der Waals surface area contributed by atoms with Gasteiger partial charge in [0.05, 0.1) is 12.0 Å². The number of esters is 1. The number of ether oxygens (including phenoxy) is 1. The van der Waals surface area contributed by atoms with Crippen molar-refractivity contribution in [2.75, 3.05) is 17.7 Å². The van der Waals surface area contributed by atoms with E-state index >= 15 is 0 Å². The third-order valence-electron chi connectivity index (χ3n) is 2.33. The molecule has 0 aliphatic carbocycles. The summed E-state index contributed by atoms with van der Waals surface area (Å²) in [4.78, 5) is 44.2. The average molecular weight is 295 g/mol. The molecule has 0 saturated carbocycles. The highest BCUT2D eigenvalue weighted by Gasteiger charge is 2.27. The summed E-state index contributed by atoms with van der Waals surface area (Å²) < 4.78 is 4.48. The van der Waals surface area contributed by atoms with E-state index in [2.05, 4.69) is 15.4 Å². The lowest BCUT2D eigenvalue weighted by Crippen LogP contribution is -2.14. The van der Waals surface area contributed by atoms with Crippen molar-refractivity contribution >= 4 is 34.8 Å². The van der Waals surface area contributed by atoms with Gasteiger partial charge in [-0.25, -0.2) is 4.79 Å². The minimum Gasteiger partial charge on any atom is -0.465 e. The number of anilines is 2. The van der Waals surface area contributed by atoms with E-state index in [1.165, 1.54) is 13.0 Å². The van der Waals surface area contributed by atoms with Gasteiger partial charge in [-0.05, 0) is 12.1 Å². The lowest BCUT2D eigenvalue weighted by atomic mass is 10.1. The Kier molecular flexibility index (Phi) is 4.95. The summed E-state index contributed by atoms with van der Waals surface area (Å²) in [6.45, 7) is 2.39. The third-order valence-corrected chi connectivity index (χ3v) is 2.33. The zero-order chi connectivity index (χ0) is 16.2. The third kappa shape index (κ3) is 4.00. The van der Waals surface area contributed by atoms with E-state index in [-0.39, 0.29) is 16.9 Å². The Hall–Kier alpha value is -2.97. The van der Waals surface area contributed by atoms with Gasteiger partial charge < -0.3 is 15.4 Å². The van der Waals surface area contributed by atoms with E-state index in [9.17, 15) is 24.5 Å². The minimum absolute atomic E-state index is 0.122. The fourth-order valence-electron chi connectivity index (χ4n) is 1.66. The van der Waals surface area contributed by atoms with Crippen LogP contribution in [0.1, 0.15) is 24.2 Å². The van der Waals surface area contributed by atoms with Crippen LogP contribution < -0.4 is 10.6 Å². The number of amides is 2. The number of benzene rings is 1. The molecule has 0 aromatic heterocycles. The van der Waals surface area contributed by atoms with Crippen molar-refractivity contribution in [2.24, 2.45) is 0 Å². The molecular weight excluding hydrogens is 282 g/mol. The maximum atomic E-state index is 11.7. The number of hydrogen-bond donors (Lipinski definition) is 2. The van der Waals surface area contributed by atoms with Gasteiger partial charge in [-0.3, -0.25) is 19.7 Å². The normalized spacial score (nSPS) is 9.67. The molecule has 1 rings (SSSR count). The summed E-state index contributed by atoms with van der Waals surface area (Å²) in [5.74, 6) is -1.96. The first-order valence-corrected chi connectivity index (χ1v) is 5.72. The lowest BCUT2D eigenvalue weighted by molar-refractivity contribution is -0.384. The first-order valence-electron chi connectivity index (χ1n) is 5.72. The van der Waals surface area contributed by atoms with E-state index in [0.29, 0.717) is 0 Å². The molecule has 9 heteroatoms. The molecule has 0 bridgehead atoms. The minimum atomic E-state index is -0.958. The van der Waals surface area contributed by atoms with Gasteiger partial charge in [-0.1, -0.05) is 0 Å². The van der Waals surface area contributed by atoms with Crippen LogP contribution >= 0.6 is 0 Å². The largest absolute Gasteiger partial charge is 0.465 e. The Morgan fingerprint density at radius 2 is 1.71 bits per heavy atom. The van der Waals surface area contributed by atoms with Crippen LogP contribution in [0.4, 0.5) is 17.1 Å². The summed E-state index contributed by atoms with van der Waals surface area (Å²) in [7, 11) is 1.06. The van der Waals surface area contributed by atoms with Gasteiger partial charge in [-0.15, -0.1) is 0 Å². The maximum Gasteiger partial charge on any atom is 0.345 e. The molecule has 112 valence electrons. The van der Waals surface area contributed by atoms with Crippen molar-refractivity contribution in [3.63, 3.8) is 0 Å². The van der Waals surface area contributed by atoms with Crippen LogP contribution in [0.15, 0.2) is 12.1 Å². The Labute approximate surface area is 119 Å². The van der Waals surface area contributed by atoms with Crippen molar-refractivity contribution in [2.45, 2.75) is 13.8 Å². The van der Waals surface area contributed by atoms with Crippen LogP contribution in [0, 0.1) is 10.1 Å². The van der Waals surface area contributed by atoms with Crippen LogP contribution in [0.3, 0.4) is 0 Å². The zero-order valence-electron chi connectivity index (χ0n) is 11.6. The van der Waals surface area contributed by atoms with E-state index in [4.69, 9.17) is 0 Å². The summed E-state index contributed by atoms with van der Waals surface area (Å²) in [6, 6.07) is 2.30. The molecule has 1 aromatic rings. The molecule has 1 aromatic carbocycles. The lowest BCUT2D eigenvalue weighted by Gasteiger charge is -2.11. The van der Waals surface area contributed by atoms with E-state index < -0.39 is 28.4 Å². The number of methoxy groups -OCH3 is 1. The van der Waals surface area contributed by atoms with Crippen molar-refractivity contribution in [1.29, 1.82) is 0 Å². The zero-order valence-corrected chi connectivity index (χ0v) is 11.6. The molecule has 9 nitrogen and oxygen atoms in total. The molecule has 21 heavy (non-hydrogen) atoms. The quantitative estimate of drug-likeness (QED) is 0.489. The predicted molar refractivity (Wildman–Crippen MR) is 73.0 cm³/mol. The molecular formula is C12H13N3O6. The molecule has 2 amide bonds. The Morgan fingerprint density at radius 1 is 1.14 bits per heavy atom. The number of rotatable bonds is 4. The molecule has 0 heterocycles. The van der Waals surface area contributed by atoms with Crippen molar-refractivity contribution in [3.05, 3.63) is 27.8 Å². The number of nitro groups is 1. The predicted octanol–water partition coefficient (Wildman–Crippen LogP) is 1.30. The molecule has 0 saturated heterocycles. The number of nitro benzene ring substituents is 1. The molecule has 0 aliphatic rings. The van der Waals surface area contributed by atoms with E-state index in [1.807, 2.05) is 0 Å². The van der Waals surface area contributed by atoms with Crippen molar-refractivity contribution in [1.82, 2.24) is 0 Å². The smallest absolute Gasteiger partial charge is 0.345 e. The van der Waals surface area contributed by atoms with Crippen molar-refractivity contribution < 1.29 is 24.0 Å². The molecule has 0 radical (unpaired) electrons. The van der Waals surface area contributed by atoms with Crippen LogP contribution in [0.5, 0.6) is 0 Å². The second kappa shape index (κ2) is 6.46. The highest BCUT2D eigenvalue weighted by atomic mass is 16.6. The Bertz CT molecular complexity index is 626. The van der Waals surface area contributed by atoms with Crippen LogP contribution in [-0.4, -0.2) is 29.8 Å². The fraction of sp³-hybridized carbons (Fsp3) is 0.250. The van der Waals surface area contributed by atoms with Gasteiger partial charge >= 0.3 is 11.7 Å². The molecule has 0 spiro atoms. The van der Waals surface area contributed by atoms with Gasteiger partial charge in [-0.2, -0.15) is 0 Å². The fourth-order valence-corrected chi connectivity index (χ4v) is 1.66. The molecule has 2 N–H and O–H groups in total. The van der Waals surface area contributed by atoms with Gasteiger partial charge in [0, 0.05) is 19.5 Å². The number of nitrogens with one attached hydrogen (secondary N) is 2. The Morgan fingerprint density at radius 3 is 2.14 bits per heavy atom. The number of nitrogens with zero attached hydrogens (tertiary/aromatic N) is 1. The van der Waals surface area contributed by atoms with Gasteiger partial charge in [0.15, 0.2) is 0 Å². The number of carbonyl (C=O) groups excluding carboxylic acids is 3. The first kappa shape index (κ1) is 16.1. The van der Waals surface area contributed by atoms with Gasteiger partial charge in [0.25, 0.3) is 0 Å². The topological polar surface area (TPSA) is 128 Å². The van der Waals surface area contributed by atoms with Crippen LogP contribution in [0.25, 0.3) is 0 Å². The van der Waals surface area contributed by atoms with Gasteiger partial charge in [0.2, 0.25) is 11.8 Å². The SMILES string of the molecule is COC(=O)c1cc(NC(C)=O)cc(NC(C)=O)c1[N+](=O)[O-].